The summed E-state index contributed by atoms with van der Waals surface area (Å²) >= 11 is 0. The largest absolute Gasteiger partial charge is 0.328 e. The minimum Gasteiger partial charge on any atom is -0.328 e. The summed E-state index contributed by atoms with van der Waals surface area (Å²) < 4.78 is 4.25. The Labute approximate surface area is 69.5 Å². The second-order valence-corrected chi connectivity index (χ2v) is 1.60. The Morgan fingerprint density at radius 1 is 1.62 bits per heavy atom. The molecular formula is C3H7CdO3P. The smallest absolute Gasteiger partial charge is 0.327 e. The van der Waals surface area contributed by atoms with Crippen molar-refractivity contribution in [1.29, 1.82) is 0 Å². The van der Waals surface area contributed by atoms with Crippen molar-refractivity contribution >= 4 is 8.60 Å². The fourth-order valence-electron chi connectivity index (χ4n) is 0.119. The SMILES string of the molecule is C=CCOP(O)O.[Cd]. The monoisotopic (exact) mass is 236 g/mol. The van der Waals surface area contributed by atoms with Crippen molar-refractivity contribution in [1.82, 2.24) is 0 Å². The van der Waals surface area contributed by atoms with E-state index in [1.54, 1.807) is 0 Å². The van der Waals surface area contributed by atoms with Crippen LogP contribution in [-0.4, -0.2) is 16.4 Å². The van der Waals surface area contributed by atoms with Gasteiger partial charge in [-0.05, 0) is 0 Å². The fraction of sp³-hybridized carbons (Fsp3) is 0.333. The zero-order valence-electron chi connectivity index (χ0n) is 4.45. The first kappa shape index (κ1) is 11.7. The molecule has 2 N–H and O–H groups in total. The second kappa shape index (κ2) is 7.97. The van der Waals surface area contributed by atoms with Crippen molar-refractivity contribution in [3.63, 3.8) is 0 Å². The van der Waals surface area contributed by atoms with Crippen LogP contribution in [0, 0.1) is 0 Å². The summed E-state index contributed by atoms with van der Waals surface area (Å²) in [6.07, 6.45) is 1.45. The van der Waals surface area contributed by atoms with Crippen LogP contribution in [0.25, 0.3) is 0 Å². The van der Waals surface area contributed by atoms with Crippen LogP contribution in [-0.2, 0) is 31.8 Å². The van der Waals surface area contributed by atoms with Crippen molar-refractivity contribution in [2.24, 2.45) is 0 Å². The zero-order chi connectivity index (χ0) is 5.70. The van der Waals surface area contributed by atoms with Crippen LogP contribution in [0.5, 0.6) is 0 Å². The molecule has 0 aliphatic carbocycles. The third kappa shape index (κ3) is 10.1. The molecule has 0 aromatic rings. The van der Waals surface area contributed by atoms with Gasteiger partial charge in [0.05, 0.1) is 6.61 Å². The third-order valence-corrected chi connectivity index (χ3v) is 0.688. The van der Waals surface area contributed by atoms with Crippen LogP contribution in [0.4, 0.5) is 0 Å². The average Bonchev–Trinajstić information content (AvgIpc) is 1.61. The minimum atomic E-state index is -2.18. The molecule has 0 rings (SSSR count). The first-order chi connectivity index (χ1) is 3.27. The topological polar surface area (TPSA) is 49.7 Å². The summed E-state index contributed by atoms with van der Waals surface area (Å²) in [6, 6.07) is 0. The van der Waals surface area contributed by atoms with Gasteiger partial charge in [0.1, 0.15) is 0 Å². The average molecular weight is 234 g/mol. The summed E-state index contributed by atoms with van der Waals surface area (Å²) in [6.45, 7) is 3.49. The van der Waals surface area contributed by atoms with E-state index in [1.165, 1.54) is 6.08 Å². The first-order valence-corrected chi connectivity index (χ1v) is 2.85. The molecule has 0 unspecified atom stereocenters. The van der Waals surface area contributed by atoms with E-state index in [4.69, 9.17) is 9.79 Å². The summed E-state index contributed by atoms with van der Waals surface area (Å²) in [5.41, 5.74) is 0. The molecule has 0 aliphatic heterocycles. The molecule has 3 nitrogen and oxygen atoms in total. The maximum absolute atomic E-state index is 8.03. The van der Waals surface area contributed by atoms with Gasteiger partial charge >= 0.3 is 8.60 Å². The summed E-state index contributed by atoms with van der Waals surface area (Å²) in [5, 5.41) is 0. The molecule has 44 valence electrons. The van der Waals surface area contributed by atoms with E-state index < -0.39 is 8.60 Å². The van der Waals surface area contributed by atoms with Crippen molar-refractivity contribution in [2.75, 3.05) is 6.61 Å². The van der Waals surface area contributed by atoms with Gasteiger partial charge in [0.25, 0.3) is 0 Å². The maximum Gasteiger partial charge on any atom is 0.327 e. The van der Waals surface area contributed by atoms with Gasteiger partial charge in [-0.15, -0.1) is 6.58 Å². The molecule has 0 bridgehead atoms. The Balaban J connectivity index is 0. The van der Waals surface area contributed by atoms with Crippen LogP contribution < -0.4 is 0 Å². The number of hydrogen-bond donors (Lipinski definition) is 2. The molecule has 0 spiro atoms. The number of hydrogen-bond acceptors (Lipinski definition) is 3. The summed E-state index contributed by atoms with van der Waals surface area (Å²) in [5.74, 6) is 0. The van der Waals surface area contributed by atoms with E-state index in [0.717, 1.165) is 0 Å². The minimum absolute atomic E-state index is 0. The van der Waals surface area contributed by atoms with Crippen molar-refractivity contribution in [3.05, 3.63) is 12.7 Å². The Morgan fingerprint density at radius 3 is 2.25 bits per heavy atom. The van der Waals surface area contributed by atoms with Crippen molar-refractivity contribution in [2.45, 2.75) is 0 Å². The summed E-state index contributed by atoms with van der Waals surface area (Å²) in [4.78, 5) is 16.1. The van der Waals surface area contributed by atoms with Gasteiger partial charge < -0.3 is 14.3 Å². The Hall–Kier alpha value is 0.972. The van der Waals surface area contributed by atoms with E-state index in [-0.39, 0.29) is 33.9 Å². The molecule has 0 heterocycles. The van der Waals surface area contributed by atoms with Crippen LogP contribution in [0.1, 0.15) is 0 Å². The van der Waals surface area contributed by atoms with E-state index >= 15 is 0 Å². The molecule has 8 heavy (non-hydrogen) atoms. The van der Waals surface area contributed by atoms with Crippen LogP contribution in [0.15, 0.2) is 12.7 Å². The zero-order valence-corrected chi connectivity index (χ0v) is 9.38. The molecule has 0 saturated carbocycles. The predicted octanol–water partition coefficient (Wildman–Crippen LogP) is 0.398. The van der Waals surface area contributed by atoms with Gasteiger partial charge in [-0.3, -0.25) is 0 Å². The van der Waals surface area contributed by atoms with Crippen LogP contribution >= 0.6 is 8.60 Å². The quantitative estimate of drug-likeness (QED) is 0.422. The maximum atomic E-state index is 8.03. The molecule has 0 aliphatic rings. The van der Waals surface area contributed by atoms with E-state index in [1.807, 2.05) is 0 Å². The molecule has 0 atom stereocenters. The van der Waals surface area contributed by atoms with Gasteiger partial charge in [0.15, 0.2) is 0 Å². The standard InChI is InChI=1S/C3H7O3P.Cd/c1-2-3-6-7(4)5;/h2,4-5H,1,3H2;. The fourth-order valence-corrected chi connectivity index (χ4v) is 0.358. The third-order valence-electron chi connectivity index (χ3n) is 0.308. The van der Waals surface area contributed by atoms with Gasteiger partial charge in [0.2, 0.25) is 0 Å². The van der Waals surface area contributed by atoms with E-state index in [0.29, 0.717) is 0 Å². The molecule has 0 radical (unpaired) electrons. The molecule has 5 heteroatoms. The Bertz CT molecular complexity index is 58.5. The van der Waals surface area contributed by atoms with Gasteiger partial charge in [-0.25, -0.2) is 0 Å². The van der Waals surface area contributed by atoms with Crippen molar-refractivity contribution < 1.29 is 41.6 Å². The van der Waals surface area contributed by atoms with Crippen LogP contribution in [0.2, 0.25) is 0 Å². The van der Waals surface area contributed by atoms with Crippen molar-refractivity contribution in [3.8, 4) is 0 Å². The molecule has 0 amide bonds. The van der Waals surface area contributed by atoms with E-state index in [2.05, 4.69) is 11.1 Å². The molecule has 0 saturated heterocycles. The first-order valence-electron chi connectivity index (χ1n) is 1.69. The molecular weight excluding hydrogens is 227 g/mol. The molecule has 0 aromatic carbocycles. The molecule has 0 aromatic heterocycles. The van der Waals surface area contributed by atoms with Gasteiger partial charge in [-0.2, -0.15) is 0 Å². The Kier molecular flexibility index (Phi) is 11.7. The normalized spacial score (nSPS) is 8.38. The second-order valence-electron chi connectivity index (χ2n) is 0.837. The van der Waals surface area contributed by atoms with E-state index in [9.17, 15) is 0 Å². The van der Waals surface area contributed by atoms with Gasteiger partial charge in [0, 0.05) is 27.3 Å². The summed E-state index contributed by atoms with van der Waals surface area (Å²) in [7, 11) is -2.18. The predicted molar refractivity (Wildman–Crippen MR) is 27.5 cm³/mol. The number of rotatable bonds is 3. The Morgan fingerprint density at radius 2 is 2.12 bits per heavy atom. The van der Waals surface area contributed by atoms with Crippen LogP contribution in [0.3, 0.4) is 0 Å². The molecule has 0 fully saturated rings. The van der Waals surface area contributed by atoms with Gasteiger partial charge in [-0.1, -0.05) is 6.08 Å².